The molecule has 2 aromatic carbocycles. The van der Waals surface area contributed by atoms with E-state index in [1.165, 1.54) is 12.8 Å². The van der Waals surface area contributed by atoms with Crippen molar-refractivity contribution < 1.29 is 9.53 Å². The smallest absolute Gasteiger partial charge is 0.252 e. The van der Waals surface area contributed by atoms with Crippen molar-refractivity contribution >= 4 is 17.7 Å². The maximum absolute atomic E-state index is 12.8. The summed E-state index contributed by atoms with van der Waals surface area (Å²) in [6.45, 7) is 1.98. The quantitative estimate of drug-likeness (QED) is 0.780. The summed E-state index contributed by atoms with van der Waals surface area (Å²) >= 11 is 1.65. The lowest BCUT2D eigenvalue weighted by molar-refractivity contribution is 0.0931. The lowest BCUT2D eigenvalue weighted by Gasteiger charge is -2.20. The Morgan fingerprint density at radius 2 is 1.92 bits per heavy atom. The van der Waals surface area contributed by atoms with Gasteiger partial charge in [-0.15, -0.1) is 11.8 Å². The minimum atomic E-state index is 0.0103. The second kappa shape index (κ2) is 7.31. The van der Waals surface area contributed by atoms with E-state index in [1.807, 2.05) is 49.6 Å². The van der Waals surface area contributed by atoms with Crippen LogP contribution in [0.4, 0.5) is 0 Å². The predicted molar refractivity (Wildman–Crippen MR) is 98.9 cm³/mol. The van der Waals surface area contributed by atoms with E-state index in [4.69, 9.17) is 4.74 Å². The second-order valence-electron chi connectivity index (χ2n) is 6.24. The van der Waals surface area contributed by atoms with Crippen molar-refractivity contribution in [2.45, 2.75) is 30.7 Å². The van der Waals surface area contributed by atoms with Gasteiger partial charge < -0.3 is 10.1 Å². The van der Waals surface area contributed by atoms with Crippen LogP contribution in [0.15, 0.2) is 47.4 Å². The van der Waals surface area contributed by atoms with E-state index in [9.17, 15) is 4.79 Å². The molecule has 1 aliphatic carbocycles. The SMILES string of the molecule is COc1ccc(C(NC(=O)c2cc(SC)ccc2C)C2CC2)cc1. The number of nitrogens with one attached hydrogen (secondary N) is 1. The highest BCUT2D eigenvalue weighted by molar-refractivity contribution is 7.98. The molecular weight excluding hydrogens is 318 g/mol. The lowest BCUT2D eigenvalue weighted by atomic mass is 10.0. The summed E-state index contributed by atoms with van der Waals surface area (Å²) in [5.41, 5.74) is 2.92. The normalized spacial score (nSPS) is 15.0. The third kappa shape index (κ3) is 3.75. The number of rotatable bonds is 6. The molecule has 0 heterocycles. The van der Waals surface area contributed by atoms with Gasteiger partial charge >= 0.3 is 0 Å². The lowest BCUT2D eigenvalue weighted by Crippen LogP contribution is -2.30. The fourth-order valence-corrected chi connectivity index (χ4v) is 3.35. The van der Waals surface area contributed by atoms with Gasteiger partial charge in [0.15, 0.2) is 0 Å². The van der Waals surface area contributed by atoms with Gasteiger partial charge in [-0.1, -0.05) is 18.2 Å². The Morgan fingerprint density at radius 1 is 1.21 bits per heavy atom. The Hall–Kier alpha value is -1.94. The van der Waals surface area contributed by atoms with E-state index in [0.717, 1.165) is 27.3 Å². The molecule has 1 saturated carbocycles. The first-order valence-electron chi connectivity index (χ1n) is 8.22. The number of aryl methyl sites for hydroxylation is 1. The van der Waals surface area contributed by atoms with Crippen LogP contribution in [0.5, 0.6) is 5.75 Å². The number of benzene rings is 2. The fraction of sp³-hybridized carbons (Fsp3) is 0.350. The first-order chi connectivity index (χ1) is 11.6. The number of hydrogen-bond acceptors (Lipinski definition) is 3. The third-order valence-corrected chi connectivity index (χ3v) is 5.27. The summed E-state index contributed by atoms with van der Waals surface area (Å²) in [5, 5.41) is 3.25. The average molecular weight is 341 g/mol. The molecule has 1 unspecified atom stereocenters. The maximum atomic E-state index is 12.8. The summed E-state index contributed by atoms with van der Waals surface area (Å²) < 4.78 is 5.23. The topological polar surface area (TPSA) is 38.3 Å². The first kappa shape index (κ1) is 16.9. The predicted octanol–water partition coefficient (Wildman–Crippen LogP) is 4.61. The highest BCUT2D eigenvalue weighted by Gasteiger charge is 2.33. The average Bonchev–Trinajstić information content (AvgIpc) is 3.45. The zero-order valence-corrected chi connectivity index (χ0v) is 15.2. The molecule has 1 aliphatic rings. The molecule has 3 rings (SSSR count). The molecule has 0 spiro atoms. The molecule has 0 bridgehead atoms. The van der Waals surface area contributed by atoms with Crippen LogP contribution in [-0.2, 0) is 0 Å². The van der Waals surface area contributed by atoms with Crippen molar-refractivity contribution in [3.8, 4) is 5.75 Å². The number of carbonyl (C=O) groups excluding carboxylic acids is 1. The van der Waals surface area contributed by atoms with Crippen molar-refractivity contribution in [3.05, 3.63) is 59.2 Å². The highest BCUT2D eigenvalue weighted by Crippen LogP contribution is 2.41. The molecule has 24 heavy (non-hydrogen) atoms. The molecule has 0 aromatic heterocycles. The number of thioether (sulfide) groups is 1. The largest absolute Gasteiger partial charge is 0.497 e. The molecule has 1 amide bonds. The molecule has 1 atom stereocenters. The third-order valence-electron chi connectivity index (χ3n) is 4.54. The molecule has 3 nitrogen and oxygen atoms in total. The Balaban J connectivity index is 1.81. The van der Waals surface area contributed by atoms with E-state index in [2.05, 4.69) is 11.4 Å². The zero-order chi connectivity index (χ0) is 17.1. The van der Waals surface area contributed by atoms with Gasteiger partial charge in [0.05, 0.1) is 13.2 Å². The number of methoxy groups -OCH3 is 1. The standard InChI is InChI=1S/C20H23NO2S/c1-13-4-11-17(24-3)12-18(13)20(22)21-19(14-5-6-14)15-7-9-16(23-2)10-8-15/h4,7-12,14,19H,5-6H2,1-3H3,(H,21,22). The summed E-state index contributed by atoms with van der Waals surface area (Å²) in [6.07, 6.45) is 4.36. The number of amides is 1. The van der Waals surface area contributed by atoms with Crippen molar-refractivity contribution in [3.63, 3.8) is 0 Å². The monoisotopic (exact) mass is 341 g/mol. The van der Waals surface area contributed by atoms with E-state index in [1.54, 1.807) is 18.9 Å². The molecule has 126 valence electrons. The van der Waals surface area contributed by atoms with Crippen LogP contribution in [-0.4, -0.2) is 19.3 Å². The Labute approximate surface area is 147 Å². The minimum Gasteiger partial charge on any atom is -0.497 e. The summed E-state index contributed by atoms with van der Waals surface area (Å²) in [5.74, 6) is 1.38. The molecule has 1 N–H and O–H groups in total. The Bertz CT molecular complexity index is 723. The van der Waals surface area contributed by atoms with Gasteiger partial charge in [0.25, 0.3) is 5.91 Å². The van der Waals surface area contributed by atoms with Gasteiger partial charge in [-0.3, -0.25) is 4.79 Å². The van der Waals surface area contributed by atoms with Gasteiger partial charge in [0.1, 0.15) is 5.75 Å². The van der Waals surface area contributed by atoms with Gasteiger partial charge in [0, 0.05) is 10.5 Å². The van der Waals surface area contributed by atoms with Gasteiger partial charge in [-0.25, -0.2) is 0 Å². The summed E-state index contributed by atoms with van der Waals surface area (Å²) in [7, 11) is 1.66. The minimum absolute atomic E-state index is 0.0103. The number of hydrogen-bond donors (Lipinski definition) is 1. The Morgan fingerprint density at radius 3 is 2.50 bits per heavy atom. The number of carbonyl (C=O) groups is 1. The van der Waals surface area contributed by atoms with Crippen LogP contribution in [0, 0.1) is 12.8 Å². The van der Waals surface area contributed by atoms with Gasteiger partial charge in [-0.2, -0.15) is 0 Å². The van der Waals surface area contributed by atoms with Crippen LogP contribution in [0.1, 0.15) is 40.4 Å². The summed E-state index contributed by atoms with van der Waals surface area (Å²) in [4.78, 5) is 13.9. The second-order valence-corrected chi connectivity index (χ2v) is 7.12. The molecule has 1 fully saturated rings. The van der Waals surface area contributed by atoms with E-state index >= 15 is 0 Å². The Kier molecular flexibility index (Phi) is 5.14. The molecule has 0 radical (unpaired) electrons. The maximum Gasteiger partial charge on any atom is 0.252 e. The molecule has 0 saturated heterocycles. The van der Waals surface area contributed by atoms with Crippen molar-refractivity contribution in [1.82, 2.24) is 5.32 Å². The molecular formula is C20H23NO2S. The fourth-order valence-electron chi connectivity index (χ4n) is 2.91. The van der Waals surface area contributed by atoms with Crippen LogP contribution in [0.25, 0.3) is 0 Å². The summed E-state index contributed by atoms with van der Waals surface area (Å²) in [6, 6.07) is 14.1. The van der Waals surface area contributed by atoms with Crippen molar-refractivity contribution in [1.29, 1.82) is 0 Å². The van der Waals surface area contributed by atoms with Crippen LogP contribution in [0.2, 0.25) is 0 Å². The van der Waals surface area contributed by atoms with E-state index in [-0.39, 0.29) is 11.9 Å². The zero-order valence-electron chi connectivity index (χ0n) is 14.3. The van der Waals surface area contributed by atoms with Crippen LogP contribution >= 0.6 is 11.8 Å². The van der Waals surface area contributed by atoms with Crippen molar-refractivity contribution in [2.24, 2.45) is 5.92 Å². The first-order valence-corrected chi connectivity index (χ1v) is 9.44. The van der Waals surface area contributed by atoms with Crippen LogP contribution in [0.3, 0.4) is 0 Å². The van der Waals surface area contributed by atoms with Crippen molar-refractivity contribution in [2.75, 3.05) is 13.4 Å². The molecule has 0 aliphatic heterocycles. The number of ether oxygens (including phenoxy) is 1. The molecule has 4 heteroatoms. The van der Waals surface area contributed by atoms with Crippen LogP contribution < -0.4 is 10.1 Å². The van der Waals surface area contributed by atoms with Gasteiger partial charge in [-0.05, 0) is 67.3 Å². The van der Waals surface area contributed by atoms with E-state index in [0.29, 0.717) is 5.92 Å². The highest BCUT2D eigenvalue weighted by atomic mass is 32.2. The molecule has 2 aromatic rings. The van der Waals surface area contributed by atoms with Gasteiger partial charge in [0.2, 0.25) is 0 Å². The van der Waals surface area contributed by atoms with E-state index < -0.39 is 0 Å².